The highest BCUT2D eigenvalue weighted by Gasteiger charge is 2.30. The van der Waals surface area contributed by atoms with E-state index >= 15 is 0 Å². The third-order valence-electron chi connectivity index (χ3n) is 4.45. The van der Waals surface area contributed by atoms with E-state index in [1.165, 1.54) is 11.8 Å². The quantitative estimate of drug-likeness (QED) is 0.717. The number of rotatable bonds is 4. The topological polar surface area (TPSA) is 66.3 Å². The van der Waals surface area contributed by atoms with Crippen molar-refractivity contribution < 1.29 is 9.53 Å². The fraction of sp³-hybridized carbons (Fsp3) is 0.190. The van der Waals surface area contributed by atoms with E-state index in [-0.39, 0.29) is 5.91 Å². The van der Waals surface area contributed by atoms with E-state index in [4.69, 9.17) is 4.74 Å². The van der Waals surface area contributed by atoms with Gasteiger partial charge in [0.05, 0.1) is 34.9 Å². The molecule has 0 aliphatic carbocycles. The summed E-state index contributed by atoms with van der Waals surface area (Å²) < 4.78 is 5.20. The highest BCUT2D eigenvalue weighted by atomic mass is 32.2. The van der Waals surface area contributed by atoms with E-state index < -0.39 is 0 Å². The molecule has 0 aromatic heterocycles. The molecule has 2 heterocycles. The lowest BCUT2D eigenvalue weighted by Crippen LogP contribution is -2.30. The van der Waals surface area contributed by atoms with Crippen LogP contribution < -0.4 is 15.1 Å². The van der Waals surface area contributed by atoms with Gasteiger partial charge in [0.2, 0.25) is 5.91 Å². The Morgan fingerprint density at radius 2 is 1.97 bits per heavy atom. The van der Waals surface area contributed by atoms with E-state index in [9.17, 15) is 4.79 Å². The van der Waals surface area contributed by atoms with Crippen LogP contribution in [-0.4, -0.2) is 29.6 Å². The van der Waals surface area contributed by atoms with Gasteiger partial charge in [0.1, 0.15) is 5.75 Å². The molecule has 1 saturated heterocycles. The van der Waals surface area contributed by atoms with Gasteiger partial charge < -0.3 is 4.74 Å². The number of carbonyl (C=O) groups is 1. The molecule has 2 aliphatic rings. The van der Waals surface area contributed by atoms with Gasteiger partial charge in [0.25, 0.3) is 0 Å². The molecule has 4 rings (SSSR count). The predicted molar refractivity (Wildman–Crippen MR) is 121 cm³/mol. The Kier molecular flexibility index (Phi) is 5.64. The summed E-state index contributed by atoms with van der Waals surface area (Å²) >= 11 is 3.09. The second kappa shape index (κ2) is 8.34. The molecule has 29 heavy (non-hydrogen) atoms. The largest absolute Gasteiger partial charge is 0.497 e. The number of nitrogens with zero attached hydrogens (tertiary/aromatic N) is 3. The second-order valence-corrected chi connectivity index (χ2v) is 8.44. The van der Waals surface area contributed by atoms with Crippen molar-refractivity contribution in [2.75, 3.05) is 17.8 Å². The van der Waals surface area contributed by atoms with E-state index in [0.29, 0.717) is 10.9 Å². The first-order chi connectivity index (χ1) is 14.1. The normalized spacial score (nSPS) is 19.1. The number of aliphatic imine (C=N–C) groups is 1. The molecule has 1 N–H and O–H groups in total. The number of benzene rings is 2. The lowest BCUT2D eigenvalue weighted by molar-refractivity contribution is -0.115. The zero-order valence-electron chi connectivity index (χ0n) is 16.3. The first-order valence-corrected chi connectivity index (χ1v) is 10.8. The molecule has 0 saturated carbocycles. The monoisotopic (exact) mass is 424 g/mol. The summed E-state index contributed by atoms with van der Waals surface area (Å²) in [5, 5.41) is 5.14. The molecule has 148 valence electrons. The lowest BCUT2D eigenvalue weighted by atomic mass is 10.3. The van der Waals surface area contributed by atoms with Crippen molar-refractivity contribution in [1.29, 1.82) is 0 Å². The summed E-state index contributed by atoms with van der Waals surface area (Å²) in [6.07, 6.45) is 0. The van der Waals surface area contributed by atoms with Crippen molar-refractivity contribution in [3.8, 4) is 5.75 Å². The number of fused-ring (bicyclic) bond motifs is 1. The Hall–Kier alpha value is -2.71. The molecule has 0 spiro atoms. The molecule has 2 aromatic carbocycles. The predicted octanol–water partition coefficient (Wildman–Crippen LogP) is 4.77. The second-order valence-electron chi connectivity index (χ2n) is 6.44. The number of hydrogen-bond acceptors (Lipinski definition) is 7. The molecule has 1 fully saturated rings. The van der Waals surface area contributed by atoms with Gasteiger partial charge in [-0.2, -0.15) is 0 Å². The van der Waals surface area contributed by atoms with Crippen LogP contribution in [0.4, 0.5) is 11.4 Å². The molecule has 1 amide bonds. The average Bonchev–Trinajstić information content (AvgIpc) is 3.11. The maximum atomic E-state index is 12.4. The highest BCUT2D eigenvalue weighted by molar-refractivity contribution is 8.15. The van der Waals surface area contributed by atoms with Gasteiger partial charge in [-0.3, -0.25) is 20.1 Å². The number of anilines is 1. The number of para-hydroxylation sites is 1. The van der Waals surface area contributed by atoms with Gasteiger partial charge in [0.15, 0.2) is 5.17 Å². The number of amides is 1. The standard InChI is InChI=1S/C21H20N4O2S2/c1-13-20(29-18-7-5-4-6-17(18)22-13)14(2)23-24-21-25(19(26)12-28-21)15-8-10-16(27-3)11-9-15/h4-11,23H,12H2,1-3H3/b20-14-,24-21-. The molecule has 0 unspecified atom stereocenters. The molecule has 2 aromatic rings. The van der Waals surface area contributed by atoms with Crippen LogP contribution >= 0.6 is 23.5 Å². The Morgan fingerprint density at radius 1 is 1.21 bits per heavy atom. The van der Waals surface area contributed by atoms with Crippen LogP contribution in [-0.2, 0) is 4.79 Å². The van der Waals surface area contributed by atoms with E-state index in [1.807, 2.05) is 56.3 Å². The first kappa shape index (κ1) is 19.6. The summed E-state index contributed by atoms with van der Waals surface area (Å²) in [6.45, 7) is 3.96. The number of ether oxygens (including phenoxy) is 1. The molecule has 6 nitrogen and oxygen atoms in total. The van der Waals surface area contributed by atoms with Crippen LogP contribution in [0.15, 0.2) is 74.1 Å². The third kappa shape index (κ3) is 4.04. The number of amidine groups is 1. The van der Waals surface area contributed by atoms with E-state index in [2.05, 4.69) is 21.6 Å². The van der Waals surface area contributed by atoms with Crippen LogP contribution in [0.1, 0.15) is 13.8 Å². The zero-order chi connectivity index (χ0) is 20.4. The van der Waals surface area contributed by atoms with Crippen molar-refractivity contribution in [2.45, 2.75) is 18.7 Å². The minimum atomic E-state index is 0.00438. The van der Waals surface area contributed by atoms with Gasteiger partial charge in [-0.1, -0.05) is 35.7 Å². The first-order valence-electron chi connectivity index (χ1n) is 9.04. The molecule has 0 radical (unpaired) electrons. The average molecular weight is 425 g/mol. The number of hydrazone groups is 1. The molecule has 0 atom stereocenters. The Bertz CT molecular complexity index is 1040. The summed E-state index contributed by atoms with van der Waals surface area (Å²) in [6, 6.07) is 15.5. The fourth-order valence-corrected chi connectivity index (χ4v) is 4.82. The van der Waals surface area contributed by atoms with E-state index in [0.717, 1.165) is 38.3 Å². The molecule has 2 aliphatic heterocycles. The van der Waals surface area contributed by atoms with Crippen LogP contribution in [0, 0.1) is 0 Å². The number of thioether (sulfide) groups is 2. The van der Waals surface area contributed by atoms with Gasteiger partial charge in [-0.05, 0) is 50.2 Å². The molecule has 8 heteroatoms. The van der Waals surface area contributed by atoms with Crippen LogP contribution in [0.3, 0.4) is 0 Å². The maximum absolute atomic E-state index is 12.4. The smallest absolute Gasteiger partial charge is 0.243 e. The van der Waals surface area contributed by atoms with Gasteiger partial charge in [-0.25, -0.2) is 0 Å². The van der Waals surface area contributed by atoms with Gasteiger partial charge in [0, 0.05) is 10.6 Å². The van der Waals surface area contributed by atoms with Gasteiger partial charge in [-0.15, -0.1) is 5.10 Å². The third-order valence-corrected chi connectivity index (χ3v) is 6.74. The SMILES string of the molecule is COc1ccc(N2C(=O)CS/C2=N\N/C(C)=C2\Sc3ccccc3N=C2C)cc1. The summed E-state index contributed by atoms with van der Waals surface area (Å²) in [7, 11) is 1.62. The molecular weight excluding hydrogens is 404 g/mol. The Labute approximate surface area is 178 Å². The number of nitrogens with one attached hydrogen (secondary N) is 1. The summed E-state index contributed by atoms with van der Waals surface area (Å²) in [5.74, 6) is 1.12. The van der Waals surface area contributed by atoms with Crippen molar-refractivity contribution in [3.63, 3.8) is 0 Å². The highest BCUT2D eigenvalue weighted by Crippen LogP contribution is 2.40. The summed E-state index contributed by atoms with van der Waals surface area (Å²) in [4.78, 5) is 20.9. The number of methoxy groups -OCH3 is 1. The zero-order valence-corrected chi connectivity index (χ0v) is 17.9. The van der Waals surface area contributed by atoms with E-state index in [1.54, 1.807) is 23.8 Å². The van der Waals surface area contributed by atoms with Crippen molar-refractivity contribution in [3.05, 3.63) is 59.1 Å². The fourth-order valence-electron chi connectivity index (χ4n) is 3.01. The number of hydrogen-bond donors (Lipinski definition) is 1. The van der Waals surface area contributed by atoms with Crippen molar-refractivity contribution >= 4 is 51.7 Å². The van der Waals surface area contributed by atoms with Crippen LogP contribution in [0.5, 0.6) is 5.75 Å². The number of allylic oxidation sites excluding steroid dienone is 2. The van der Waals surface area contributed by atoms with Crippen LogP contribution in [0.2, 0.25) is 0 Å². The number of carbonyl (C=O) groups excluding carboxylic acids is 1. The van der Waals surface area contributed by atoms with Crippen molar-refractivity contribution in [1.82, 2.24) is 5.43 Å². The van der Waals surface area contributed by atoms with Gasteiger partial charge >= 0.3 is 0 Å². The summed E-state index contributed by atoms with van der Waals surface area (Å²) in [5.41, 5.74) is 6.72. The molecular formula is C21H20N4O2S2. The molecule has 0 bridgehead atoms. The minimum Gasteiger partial charge on any atom is -0.497 e. The van der Waals surface area contributed by atoms with Crippen molar-refractivity contribution in [2.24, 2.45) is 10.1 Å². The maximum Gasteiger partial charge on any atom is 0.243 e. The Morgan fingerprint density at radius 3 is 2.72 bits per heavy atom. The lowest BCUT2D eigenvalue weighted by Gasteiger charge is -2.19. The van der Waals surface area contributed by atoms with Crippen LogP contribution in [0.25, 0.3) is 0 Å². The minimum absolute atomic E-state index is 0.00438. The Balaban J connectivity index is 1.57.